The van der Waals surface area contributed by atoms with Crippen LogP contribution in [0.15, 0.2) is 0 Å². The lowest BCUT2D eigenvalue weighted by molar-refractivity contribution is 0.0692. The fourth-order valence-electron chi connectivity index (χ4n) is 0.499. The second-order valence-electron chi connectivity index (χ2n) is 1.72. The Hall–Kier alpha value is -0.120. The van der Waals surface area contributed by atoms with Crippen molar-refractivity contribution in [2.24, 2.45) is 0 Å². The van der Waals surface area contributed by atoms with Crippen LogP contribution in [0.3, 0.4) is 0 Å². The molecule has 0 atom stereocenters. The van der Waals surface area contributed by atoms with Gasteiger partial charge in [-0.1, -0.05) is 0 Å². The molecule has 0 bridgehead atoms. The van der Waals surface area contributed by atoms with Crippen LogP contribution in [0.4, 0.5) is 0 Å². The largest absolute Gasteiger partial charge is 0.382 e. The average molecular weight is 148 g/mol. The van der Waals surface area contributed by atoms with Gasteiger partial charge in [-0.2, -0.15) is 0 Å². The summed E-state index contributed by atoms with van der Waals surface area (Å²) in [6.45, 7) is 7.72. The summed E-state index contributed by atoms with van der Waals surface area (Å²) in [5.41, 5.74) is 0. The van der Waals surface area contributed by atoms with Crippen LogP contribution in [0.2, 0.25) is 0 Å². The lowest BCUT2D eigenvalue weighted by Crippen LogP contribution is -1.84. The van der Waals surface area contributed by atoms with Crippen molar-refractivity contribution in [2.45, 2.75) is 13.8 Å². The van der Waals surface area contributed by atoms with E-state index in [1.807, 2.05) is 13.8 Å². The molecule has 0 saturated carbocycles. The van der Waals surface area contributed by atoms with Crippen LogP contribution < -0.4 is 0 Å². The van der Waals surface area contributed by atoms with Crippen molar-refractivity contribution < 1.29 is 14.2 Å². The van der Waals surface area contributed by atoms with Crippen molar-refractivity contribution in [3.05, 3.63) is 0 Å². The van der Waals surface area contributed by atoms with Crippen molar-refractivity contribution in [1.82, 2.24) is 0 Å². The summed E-state index contributed by atoms with van der Waals surface area (Å²) >= 11 is 0. The molecule has 1 fully saturated rings. The molecular weight excluding hydrogens is 132 g/mol. The van der Waals surface area contributed by atoms with E-state index in [1.165, 1.54) is 0 Å². The summed E-state index contributed by atoms with van der Waals surface area (Å²) < 4.78 is 14.3. The molecular formula is C7H16O3. The fraction of sp³-hybridized carbons (Fsp3) is 1.00. The van der Waals surface area contributed by atoms with E-state index in [2.05, 4.69) is 0 Å². The van der Waals surface area contributed by atoms with E-state index < -0.39 is 0 Å². The molecule has 0 unspecified atom stereocenters. The lowest BCUT2D eigenvalue weighted by Gasteiger charge is -1.86. The lowest BCUT2D eigenvalue weighted by atomic mass is 10.8. The first-order chi connectivity index (χ1) is 4.91. The van der Waals surface area contributed by atoms with Gasteiger partial charge in [-0.25, -0.2) is 0 Å². The maximum atomic E-state index is 4.83. The number of hydrogen-bond acceptors (Lipinski definition) is 3. The SMILES string of the molecule is C1COCO1.CCOCC. The number of hydrogen-bond donors (Lipinski definition) is 0. The highest BCUT2D eigenvalue weighted by Gasteiger charge is 1.93. The summed E-state index contributed by atoms with van der Waals surface area (Å²) in [6, 6.07) is 0. The molecule has 0 radical (unpaired) electrons. The molecule has 10 heavy (non-hydrogen) atoms. The summed E-state index contributed by atoms with van der Waals surface area (Å²) in [4.78, 5) is 0. The third-order valence-electron chi connectivity index (χ3n) is 0.947. The maximum Gasteiger partial charge on any atom is 0.146 e. The average Bonchev–Trinajstić information content (AvgIpc) is 2.44. The Morgan fingerprint density at radius 1 is 1.10 bits per heavy atom. The first-order valence-electron chi connectivity index (χ1n) is 3.65. The zero-order chi connectivity index (χ0) is 7.66. The minimum Gasteiger partial charge on any atom is -0.382 e. The monoisotopic (exact) mass is 148 g/mol. The molecule has 0 spiro atoms. The number of rotatable bonds is 2. The van der Waals surface area contributed by atoms with Crippen LogP contribution in [-0.2, 0) is 14.2 Å². The zero-order valence-corrected chi connectivity index (χ0v) is 6.76. The second kappa shape index (κ2) is 8.88. The molecule has 0 aromatic heterocycles. The van der Waals surface area contributed by atoms with Gasteiger partial charge in [0.05, 0.1) is 13.2 Å². The van der Waals surface area contributed by atoms with Gasteiger partial charge in [-0.3, -0.25) is 0 Å². The molecule has 1 aliphatic heterocycles. The van der Waals surface area contributed by atoms with Gasteiger partial charge in [0.2, 0.25) is 0 Å². The normalized spacial score (nSPS) is 16.2. The predicted octanol–water partition coefficient (Wildman–Crippen LogP) is 1.03. The Bertz CT molecular complexity index is 43.2. The van der Waals surface area contributed by atoms with E-state index >= 15 is 0 Å². The van der Waals surface area contributed by atoms with Gasteiger partial charge in [0.25, 0.3) is 0 Å². The van der Waals surface area contributed by atoms with E-state index in [1.54, 1.807) is 0 Å². The van der Waals surface area contributed by atoms with Crippen molar-refractivity contribution >= 4 is 0 Å². The smallest absolute Gasteiger partial charge is 0.146 e. The van der Waals surface area contributed by atoms with Crippen molar-refractivity contribution in [3.63, 3.8) is 0 Å². The second-order valence-corrected chi connectivity index (χ2v) is 1.72. The van der Waals surface area contributed by atoms with E-state index in [4.69, 9.17) is 14.2 Å². The molecule has 0 amide bonds. The van der Waals surface area contributed by atoms with Crippen LogP contribution in [0.25, 0.3) is 0 Å². The van der Waals surface area contributed by atoms with Crippen LogP contribution in [0.1, 0.15) is 13.8 Å². The van der Waals surface area contributed by atoms with Gasteiger partial charge in [0.1, 0.15) is 6.79 Å². The maximum absolute atomic E-state index is 4.83. The van der Waals surface area contributed by atoms with Gasteiger partial charge in [0.15, 0.2) is 0 Å². The molecule has 62 valence electrons. The van der Waals surface area contributed by atoms with Crippen LogP contribution in [0, 0.1) is 0 Å². The molecule has 3 heteroatoms. The first kappa shape index (κ1) is 9.88. The van der Waals surface area contributed by atoms with Crippen LogP contribution in [0.5, 0.6) is 0 Å². The minimum atomic E-state index is 0.500. The third kappa shape index (κ3) is 7.88. The predicted molar refractivity (Wildman–Crippen MR) is 38.9 cm³/mol. The van der Waals surface area contributed by atoms with Crippen molar-refractivity contribution in [1.29, 1.82) is 0 Å². The summed E-state index contributed by atoms with van der Waals surface area (Å²) in [5, 5.41) is 0. The first-order valence-corrected chi connectivity index (χ1v) is 3.65. The molecule has 1 rings (SSSR count). The number of ether oxygens (including phenoxy) is 3. The van der Waals surface area contributed by atoms with Gasteiger partial charge in [-0.05, 0) is 13.8 Å². The van der Waals surface area contributed by atoms with E-state index in [9.17, 15) is 0 Å². The van der Waals surface area contributed by atoms with Gasteiger partial charge in [-0.15, -0.1) is 0 Å². The molecule has 1 aliphatic rings. The summed E-state index contributed by atoms with van der Waals surface area (Å²) in [6.07, 6.45) is 0. The zero-order valence-electron chi connectivity index (χ0n) is 6.76. The van der Waals surface area contributed by atoms with Crippen molar-refractivity contribution in [2.75, 3.05) is 33.2 Å². The molecule has 0 N–H and O–H groups in total. The third-order valence-corrected chi connectivity index (χ3v) is 0.947. The Morgan fingerprint density at radius 2 is 1.60 bits per heavy atom. The molecule has 0 aromatic carbocycles. The van der Waals surface area contributed by atoms with E-state index in [-0.39, 0.29) is 0 Å². The summed E-state index contributed by atoms with van der Waals surface area (Å²) in [7, 11) is 0. The highest BCUT2D eigenvalue weighted by Crippen LogP contribution is 1.85. The fourth-order valence-corrected chi connectivity index (χ4v) is 0.499. The Balaban J connectivity index is 0.000000162. The Morgan fingerprint density at radius 3 is 1.70 bits per heavy atom. The molecule has 3 nitrogen and oxygen atoms in total. The van der Waals surface area contributed by atoms with E-state index in [0.717, 1.165) is 26.4 Å². The van der Waals surface area contributed by atoms with E-state index in [0.29, 0.717) is 6.79 Å². The standard InChI is InChI=1S/C4H10O.C3H6O2/c1-3-5-4-2;1-2-5-3-4-1/h3-4H2,1-2H3;1-3H2. The van der Waals surface area contributed by atoms with Gasteiger partial charge in [0, 0.05) is 13.2 Å². The molecule has 1 saturated heterocycles. The summed E-state index contributed by atoms with van der Waals surface area (Å²) in [5.74, 6) is 0. The minimum absolute atomic E-state index is 0.500. The highest BCUT2D eigenvalue weighted by atomic mass is 16.7. The Labute approximate surface area is 62.3 Å². The van der Waals surface area contributed by atoms with Crippen molar-refractivity contribution in [3.8, 4) is 0 Å². The topological polar surface area (TPSA) is 27.7 Å². The quantitative estimate of drug-likeness (QED) is 0.585. The van der Waals surface area contributed by atoms with Crippen LogP contribution >= 0.6 is 0 Å². The van der Waals surface area contributed by atoms with Gasteiger partial charge < -0.3 is 14.2 Å². The van der Waals surface area contributed by atoms with Gasteiger partial charge >= 0.3 is 0 Å². The highest BCUT2D eigenvalue weighted by molar-refractivity contribution is 4.28. The molecule has 0 aromatic rings. The molecule has 1 heterocycles. The van der Waals surface area contributed by atoms with Crippen LogP contribution in [-0.4, -0.2) is 33.2 Å². The Kier molecular flexibility index (Phi) is 8.77. The molecule has 0 aliphatic carbocycles.